The summed E-state index contributed by atoms with van der Waals surface area (Å²) in [6.07, 6.45) is 0. The minimum atomic E-state index is -3.87. The number of sulfonamides is 1. The highest BCUT2D eigenvalue weighted by atomic mass is 32.2. The van der Waals surface area contributed by atoms with Crippen molar-refractivity contribution in [3.05, 3.63) is 64.7 Å². The van der Waals surface area contributed by atoms with Gasteiger partial charge in [0.25, 0.3) is 0 Å². The van der Waals surface area contributed by atoms with E-state index in [0.29, 0.717) is 5.56 Å². The number of nitrogens with two attached hydrogens (primary N) is 1. The van der Waals surface area contributed by atoms with Crippen LogP contribution in [0.3, 0.4) is 0 Å². The van der Waals surface area contributed by atoms with Gasteiger partial charge in [0.2, 0.25) is 10.0 Å². The molecule has 0 atom stereocenters. The maximum atomic E-state index is 12.3. The molecule has 6 heteroatoms. The molecule has 0 unspecified atom stereocenters. The van der Waals surface area contributed by atoms with Crippen LogP contribution in [0.5, 0.6) is 0 Å². The molecule has 2 aromatic rings. The van der Waals surface area contributed by atoms with Crippen LogP contribution in [0.15, 0.2) is 47.4 Å². The lowest BCUT2D eigenvalue weighted by molar-refractivity contribution is 0.0471. The molecule has 2 N–H and O–H groups in total. The molecule has 0 radical (unpaired) electrons. The van der Waals surface area contributed by atoms with Crippen molar-refractivity contribution in [3.8, 4) is 0 Å². The first-order valence-corrected chi connectivity index (χ1v) is 9.43. The average molecular weight is 361 g/mol. The molecule has 25 heavy (non-hydrogen) atoms. The predicted molar refractivity (Wildman–Crippen MR) is 96.8 cm³/mol. The molecule has 0 spiro atoms. The van der Waals surface area contributed by atoms with E-state index < -0.39 is 16.0 Å². The molecule has 0 bridgehead atoms. The second kappa shape index (κ2) is 6.98. The first-order chi connectivity index (χ1) is 11.5. The molecule has 134 valence electrons. The number of primary sulfonamides is 1. The summed E-state index contributed by atoms with van der Waals surface area (Å²) in [6, 6.07) is 12.0. The number of aryl methyl sites for hydroxylation is 1. The zero-order chi connectivity index (χ0) is 18.8. The van der Waals surface area contributed by atoms with E-state index >= 15 is 0 Å². The summed E-state index contributed by atoms with van der Waals surface area (Å²) in [6.45, 7) is 8.21. The summed E-state index contributed by atoms with van der Waals surface area (Å²) in [5.74, 6) is -0.581. The standard InChI is InChI=1S/C19H23NO4S/c1-13-5-10-16(25(20,22)23)11-17(13)18(21)24-12-14-6-8-15(9-7-14)19(2,3)4/h5-11H,12H2,1-4H3,(H2,20,22,23). The van der Waals surface area contributed by atoms with Gasteiger partial charge in [0.1, 0.15) is 6.61 Å². The fraction of sp³-hybridized carbons (Fsp3) is 0.316. The van der Waals surface area contributed by atoms with Crippen LogP contribution < -0.4 is 5.14 Å². The van der Waals surface area contributed by atoms with Crippen molar-refractivity contribution in [2.24, 2.45) is 5.14 Å². The molecule has 0 aromatic heterocycles. The zero-order valence-electron chi connectivity index (χ0n) is 14.9. The number of hydrogen-bond acceptors (Lipinski definition) is 4. The van der Waals surface area contributed by atoms with E-state index in [1.165, 1.54) is 23.8 Å². The van der Waals surface area contributed by atoms with Gasteiger partial charge >= 0.3 is 5.97 Å². The van der Waals surface area contributed by atoms with E-state index in [1.807, 2.05) is 24.3 Å². The molecule has 0 amide bonds. The Morgan fingerprint density at radius 2 is 1.68 bits per heavy atom. The summed E-state index contributed by atoms with van der Waals surface area (Å²) in [5, 5.41) is 5.11. The predicted octanol–water partition coefficient (Wildman–Crippen LogP) is 3.30. The number of rotatable bonds is 4. The fourth-order valence-electron chi connectivity index (χ4n) is 2.33. The van der Waals surface area contributed by atoms with Crippen LogP contribution >= 0.6 is 0 Å². The lowest BCUT2D eigenvalue weighted by atomic mass is 9.87. The van der Waals surface area contributed by atoms with Gasteiger partial charge in [-0.05, 0) is 41.2 Å². The Balaban J connectivity index is 2.13. The highest BCUT2D eigenvalue weighted by Crippen LogP contribution is 2.22. The van der Waals surface area contributed by atoms with Gasteiger partial charge in [-0.25, -0.2) is 18.4 Å². The lowest BCUT2D eigenvalue weighted by Crippen LogP contribution is -2.14. The van der Waals surface area contributed by atoms with Crippen LogP contribution in [-0.4, -0.2) is 14.4 Å². The third-order valence-corrected chi connectivity index (χ3v) is 4.86. The molecule has 5 nitrogen and oxygen atoms in total. The van der Waals surface area contributed by atoms with Gasteiger partial charge < -0.3 is 4.74 Å². The van der Waals surface area contributed by atoms with Crippen LogP contribution in [0, 0.1) is 6.92 Å². The Hall–Kier alpha value is -2.18. The molecular formula is C19H23NO4S. The van der Waals surface area contributed by atoms with Crippen molar-refractivity contribution < 1.29 is 17.9 Å². The second-order valence-corrected chi connectivity index (χ2v) is 8.61. The van der Waals surface area contributed by atoms with E-state index in [1.54, 1.807) is 6.92 Å². The Morgan fingerprint density at radius 1 is 1.08 bits per heavy atom. The first kappa shape index (κ1) is 19.1. The minimum absolute atomic E-state index is 0.0560. The quantitative estimate of drug-likeness (QED) is 0.847. The number of esters is 1. The van der Waals surface area contributed by atoms with Crippen molar-refractivity contribution in [1.82, 2.24) is 0 Å². The molecule has 2 aromatic carbocycles. The van der Waals surface area contributed by atoms with Crippen LogP contribution in [0.2, 0.25) is 0 Å². The van der Waals surface area contributed by atoms with Crippen LogP contribution in [0.25, 0.3) is 0 Å². The number of carbonyl (C=O) groups is 1. The SMILES string of the molecule is Cc1ccc(S(N)(=O)=O)cc1C(=O)OCc1ccc(C(C)(C)C)cc1. The van der Waals surface area contributed by atoms with Crippen molar-refractivity contribution in [3.63, 3.8) is 0 Å². The van der Waals surface area contributed by atoms with Crippen LogP contribution in [-0.2, 0) is 26.8 Å². The first-order valence-electron chi connectivity index (χ1n) is 7.88. The summed E-state index contributed by atoms with van der Waals surface area (Å²) in [5.41, 5.74) is 2.93. The van der Waals surface area contributed by atoms with E-state index in [-0.39, 0.29) is 22.5 Å². The van der Waals surface area contributed by atoms with Gasteiger partial charge in [0.05, 0.1) is 10.5 Å². The van der Waals surface area contributed by atoms with Gasteiger partial charge in [-0.3, -0.25) is 0 Å². The summed E-state index contributed by atoms with van der Waals surface area (Å²) >= 11 is 0. The Labute approximate surface area is 148 Å². The van der Waals surface area contributed by atoms with Crippen molar-refractivity contribution >= 4 is 16.0 Å². The Kier molecular flexibility index (Phi) is 5.34. The highest BCUT2D eigenvalue weighted by Gasteiger charge is 2.16. The summed E-state index contributed by atoms with van der Waals surface area (Å²) in [4.78, 5) is 12.2. The largest absolute Gasteiger partial charge is 0.457 e. The van der Waals surface area contributed by atoms with Gasteiger partial charge in [0.15, 0.2) is 0 Å². The monoisotopic (exact) mass is 361 g/mol. The maximum absolute atomic E-state index is 12.3. The molecule has 0 aliphatic carbocycles. The molecule has 0 saturated carbocycles. The molecule has 0 heterocycles. The van der Waals surface area contributed by atoms with Crippen molar-refractivity contribution in [2.45, 2.75) is 44.6 Å². The van der Waals surface area contributed by atoms with Gasteiger partial charge in [-0.1, -0.05) is 51.1 Å². The maximum Gasteiger partial charge on any atom is 0.338 e. The Bertz CT molecular complexity index is 879. The number of hydrogen-bond donors (Lipinski definition) is 1. The second-order valence-electron chi connectivity index (χ2n) is 7.04. The fourth-order valence-corrected chi connectivity index (χ4v) is 2.87. The van der Waals surface area contributed by atoms with E-state index in [4.69, 9.17) is 9.88 Å². The van der Waals surface area contributed by atoms with Crippen LogP contribution in [0.4, 0.5) is 0 Å². The normalized spacial score (nSPS) is 12.0. The molecule has 0 saturated heterocycles. The summed E-state index contributed by atoms with van der Waals surface area (Å²) < 4.78 is 28.2. The highest BCUT2D eigenvalue weighted by molar-refractivity contribution is 7.89. The van der Waals surface area contributed by atoms with E-state index in [0.717, 1.165) is 5.56 Å². The topological polar surface area (TPSA) is 86.5 Å². The smallest absolute Gasteiger partial charge is 0.338 e. The molecular weight excluding hydrogens is 338 g/mol. The van der Waals surface area contributed by atoms with E-state index in [9.17, 15) is 13.2 Å². The molecule has 2 rings (SSSR count). The van der Waals surface area contributed by atoms with Gasteiger partial charge in [0, 0.05) is 0 Å². The van der Waals surface area contributed by atoms with Crippen LogP contribution in [0.1, 0.15) is 47.8 Å². The number of ether oxygens (including phenoxy) is 1. The van der Waals surface area contributed by atoms with Crippen molar-refractivity contribution in [2.75, 3.05) is 0 Å². The van der Waals surface area contributed by atoms with Gasteiger partial charge in [-0.15, -0.1) is 0 Å². The average Bonchev–Trinajstić information content (AvgIpc) is 2.51. The molecule has 0 aliphatic rings. The lowest BCUT2D eigenvalue weighted by Gasteiger charge is -2.19. The number of carbonyl (C=O) groups excluding carboxylic acids is 1. The Morgan fingerprint density at radius 3 is 2.20 bits per heavy atom. The summed E-state index contributed by atoms with van der Waals surface area (Å²) in [7, 11) is -3.87. The molecule has 0 aliphatic heterocycles. The van der Waals surface area contributed by atoms with E-state index in [2.05, 4.69) is 20.8 Å². The van der Waals surface area contributed by atoms with Crippen molar-refractivity contribution in [1.29, 1.82) is 0 Å². The third kappa shape index (κ3) is 4.90. The third-order valence-electron chi connectivity index (χ3n) is 3.95. The zero-order valence-corrected chi connectivity index (χ0v) is 15.7. The molecule has 0 fully saturated rings. The van der Waals surface area contributed by atoms with Gasteiger partial charge in [-0.2, -0.15) is 0 Å². The number of benzene rings is 2. The minimum Gasteiger partial charge on any atom is -0.457 e.